The summed E-state index contributed by atoms with van der Waals surface area (Å²) in [6.45, 7) is 2.86. The lowest BCUT2D eigenvalue weighted by atomic mass is 10.2. The van der Waals surface area contributed by atoms with Crippen molar-refractivity contribution in [2.45, 2.75) is 32.6 Å². The lowest BCUT2D eigenvalue weighted by Gasteiger charge is -2.09. The molecule has 98 valence electrons. The summed E-state index contributed by atoms with van der Waals surface area (Å²) in [6, 6.07) is 4.26. The topological polar surface area (TPSA) is 9.23 Å². The fourth-order valence-electron chi connectivity index (χ4n) is 1.31. The molecule has 0 radical (unpaired) electrons. The van der Waals surface area contributed by atoms with Crippen molar-refractivity contribution in [2.75, 3.05) is 6.61 Å². The summed E-state index contributed by atoms with van der Waals surface area (Å²) >= 11 is 6.96. The van der Waals surface area contributed by atoms with E-state index >= 15 is 0 Å². The molecule has 0 aliphatic heterocycles. The van der Waals surface area contributed by atoms with Gasteiger partial charge in [-0.05, 0) is 86.3 Å². The molecule has 0 N–H and O–H groups in total. The molecule has 0 amide bonds. The summed E-state index contributed by atoms with van der Waals surface area (Å²) < 4.78 is 9.39. The van der Waals surface area contributed by atoms with Crippen LogP contribution in [0.5, 0.6) is 5.75 Å². The molecule has 0 spiro atoms. The smallest absolute Gasteiger partial charge is 0.146 e. The van der Waals surface area contributed by atoms with Crippen molar-refractivity contribution in [3.05, 3.63) is 22.8 Å². The fraction of sp³-hybridized carbons (Fsp3) is 0.429. The third kappa shape index (κ3) is 6.28. The predicted molar refractivity (Wildman–Crippen MR) is 102 cm³/mol. The highest BCUT2D eigenvalue weighted by molar-refractivity contribution is 14.1. The van der Waals surface area contributed by atoms with Crippen LogP contribution in [0.1, 0.15) is 32.6 Å². The maximum atomic E-state index is 5.81. The second kappa shape index (κ2) is 9.64. The molecule has 0 aliphatic rings. The Morgan fingerprint density at radius 2 is 1.67 bits per heavy atom. The zero-order valence-electron chi connectivity index (χ0n) is 10.2. The van der Waals surface area contributed by atoms with E-state index in [0.717, 1.165) is 18.6 Å². The average Bonchev–Trinajstić information content (AvgIpc) is 2.30. The van der Waals surface area contributed by atoms with Crippen molar-refractivity contribution in [1.29, 1.82) is 0 Å². The lowest BCUT2D eigenvalue weighted by Crippen LogP contribution is -2.00. The third-order valence-corrected chi connectivity index (χ3v) is 4.44. The molecular formula is C14H15I3O. The highest BCUT2D eigenvalue weighted by Gasteiger charge is 2.07. The molecule has 0 fully saturated rings. The van der Waals surface area contributed by atoms with Gasteiger partial charge >= 0.3 is 0 Å². The van der Waals surface area contributed by atoms with E-state index < -0.39 is 0 Å². The maximum Gasteiger partial charge on any atom is 0.146 e. The van der Waals surface area contributed by atoms with Gasteiger partial charge < -0.3 is 4.74 Å². The van der Waals surface area contributed by atoms with Crippen LogP contribution in [-0.4, -0.2) is 6.61 Å². The minimum Gasteiger partial charge on any atom is -0.490 e. The van der Waals surface area contributed by atoms with Gasteiger partial charge in [-0.1, -0.05) is 19.3 Å². The van der Waals surface area contributed by atoms with Gasteiger partial charge in [0.05, 0.1) is 13.7 Å². The van der Waals surface area contributed by atoms with Crippen LogP contribution < -0.4 is 4.74 Å². The zero-order chi connectivity index (χ0) is 13.4. The van der Waals surface area contributed by atoms with E-state index in [0.29, 0.717) is 6.61 Å². The Morgan fingerprint density at radius 1 is 1.06 bits per heavy atom. The van der Waals surface area contributed by atoms with Gasteiger partial charge in [0, 0.05) is 16.4 Å². The highest BCUT2D eigenvalue weighted by Crippen LogP contribution is 2.29. The first-order valence-corrected chi connectivity index (χ1v) is 9.11. The number of rotatable bonds is 5. The van der Waals surface area contributed by atoms with Crippen molar-refractivity contribution in [1.82, 2.24) is 0 Å². The van der Waals surface area contributed by atoms with E-state index in [9.17, 15) is 0 Å². The van der Waals surface area contributed by atoms with Crippen LogP contribution in [0.25, 0.3) is 0 Å². The SMILES string of the molecule is CCCCC#CCCOc1c(I)cc(I)cc1I. The first-order valence-electron chi connectivity index (χ1n) is 5.88. The first kappa shape index (κ1) is 16.8. The second-order valence-electron chi connectivity index (χ2n) is 3.75. The van der Waals surface area contributed by atoms with Crippen molar-refractivity contribution in [3.63, 3.8) is 0 Å². The Hall–Kier alpha value is 0.770. The Bertz CT molecular complexity index is 423. The van der Waals surface area contributed by atoms with Crippen LogP contribution in [0.4, 0.5) is 0 Å². The van der Waals surface area contributed by atoms with Gasteiger partial charge in [0.25, 0.3) is 0 Å². The molecule has 0 bridgehead atoms. The number of hydrogen-bond acceptors (Lipinski definition) is 1. The molecule has 0 unspecified atom stereocenters. The molecule has 0 aliphatic carbocycles. The largest absolute Gasteiger partial charge is 0.490 e. The fourth-order valence-corrected chi connectivity index (χ4v) is 5.21. The Labute approximate surface area is 150 Å². The molecule has 1 nitrogen and oxygen atoms in total. The summed E-state index contributed by atoms with van der Waals surface area (Å²) in [5.74, 6) is 7.33. The Morgan fingerprint density at radius 3 is 2.28 bits per heavy atom. The van der Waals surface area contributed by atoms with Crippen LogP contribution in [0.3, 0.4) is 0 Å². The zero-order valence-corrected chi connectivity index (χ0v) is 16.7. The molecule has 0 heterocycles. The van der Waals surface area contributed by atoms with Gasteiger partial charge in [0.2, 0.25) is 0 Å². The standard InChI is InChI=1S/C14H15I3O/c1-2-3-4-5-6-7-8-18-14-12(16)9-11(15)10-13(14)17/h9-10H,2-4,7-8H2,1H3. The number of hydrogen-bond donors (Lipinski definition) is 0. The van der Waals surface area contributed by atoms with Gasteiger partial charge in [0.15, 0.2) is 0 Å². The third-order valence-electron chi connectivity index (χ3n) is 2.22. The van der Waals surface area contributed by atoms with E-state index in [1.165, 1.54) is 23.6 Å². The molecule has 0 saturated heterocycles. The molecule has 0 saturated carbocycles. The van der Waals surface area contributed by atoms with E-state index in [-0.39, 0.29) is 0 Å². The van der Waals surface area contributed by atoms with Crippen LogP contribution in [-0.2, 0) is 0 Å². The molecule has 1 rings (SSSR count). The normalized spacial score (nSPS) is 9.78. The summed E-state index contributed by atoms with van der Waals surface area (Å²) in [7, 11) is 0. The first-order chi connectivity index (χ1) is 8.65. The summed E-state index contributed by atoms with van der Waals surface area (Å²) in [5, 5.41) is 0. The van der Waals surface area contributed by atoms with Gasteiger partial charge in [-0.15, -0.1) is 5.92 Å². The summed E-state index contributed by atoms with van der Waals surface area (Å²) in [5.41, 5.74) is 0. The van der Waals surface area contributed by atoms with Crippen LogP contribution in [0, 0.1) is 22.6 Å². The molecule has 1 aromatic rings. The number of halogens is 3. The van der Waals surface area contributed by atoms with Crippen LogP contribution >= 0.6 is 67.8 Å². The predicted octanol–water partition coefficient (Wildman–Crippen LogP) is 5.46. The van der Waals surface area contributed by atoms with Gasteiger partial charge in [-0.3, -0.25) is 0 Å². The maximum absolute atomic E-state index is 5.81. The highest BCUT2D eigenvalue weighted by atomic mass is 127. The summed E-state index contributed by atoms with van der Waals surface area (Å²) in [6.07, 6.45) is 4.22. The molecule has 0 atom stereocenters. The molecule has 1 aromatic carbocycles. The van der Waals surface area contributed by atoms with E-state index in [2.05, 4.69) is 98.7 Å². The molecule has 4 heteroatoms. The monoisotopic (exact) mass is 580 g/mol. The minimum absolute atomic E-state index is 0.672. The molecule has 18 heavy (non-hydrogen) atoms. The van der Waals surface area contributed by atoms with E-state index in [1.54, 1.807) is 0 Å². The van der Waals surface area contributed by atoms with Crippen LogP contribution in [0.2, 0.25) is 0 Å². The van der Waals surface area contributed by atoms with Gasteiger partial charge in [0.1, 0.15) is 5.75 Å². The minimum atomic E-state index is 0.672. The second-order valence-corrected chi connectivity index (χ2v) is 7.32. The molecule has 0 aromatic heterocycles. The average molecular weight is 580 g/mol. The van der Waals surface area contributed by atoms with Crippen molar-refractivity contribution in [3.8, 4) is 17.6 Å². The quantitative estimate of drug-likeness (QED) is 0.256. The number of benzene rings is 1. The molecular weight excluding hydrogens is 565 g/mol. The lowest BCUT2D eigenvalue weighted by molar-refractivity contribution is 0.322. The Kier molecular flexibility index (Phi) is 9.01. The van der Waals surface area contributed by atoms with Crippen molar-refractivity contribution in [2.24, 2.45) is 0 Å². The van der Waals surface area contributed by atoms with Crippen molar-refractivity contribution < 1.29 is 4.74 Å². The van der Waals surface area contributed by atoms with Gasteiger partial charge in [-0.2, -0.15) is 0 Å². The van der Waals surface area contributed by atoms with Crippen LogP contribution in [0.15, 0.2) is 12.1 Å². The van der Waals surface area contributed by atoms with E-state index in [1.807, 2.05) is 0 Å². The summed E-state index contributed by atoms with van der Waals surface area (Å²) in [4.78, 5) is 0. The van der Waals surface area contributed by atoms with E-state index in [4.69, 9.17) is 4.74 Å². The number of unbranched alkanes of at least 4 members (excludes halogenated alkanes) is 2. The van der Waals surface area contributed by atoms with Gasteiger partial charge in [-0.25, -0.2) is 0 Å². The van der Waals surface area contributed by atoms with Crippen molar-refractivity contribution >= 4 is 67.8 Å². The number of ether oxygens (including phenoxy) is 1. The Balaban J connectivity index is 2.42.